The molecule has 0 saturated carbocycles. The number of aryl methyl sites for hydroxylation is 1. The lowest BCUT2D eigenvalue weighted by molar-refractivity contribution is -0.119. The normalized spacial score (nSPS) is 10.3. The highest BCUT2D eigenvalue weighted by Gasteiger charge is 2.14. The van der Waals surface area contributed by atoms with Crippen LogP contribution in [0.1, 0.15) is 15.9 Å². The van der Waals surface area contributed by atoms with Crippen molar-refractivity contribution in [2.24, 2.45) is 0 Å². The van der Waals surface area contributed by atoms with Crippen molar-refractivity contribution in [2.75, 3.05) is 11.9 Å². The molecule has 0 aliphatic carbocycles. The average Bonchev–Trinajstić information content (AvgIpc) is 2.53. The molecule has 0 spiro atoms. The first-order valence-electron chi connectivity index (χ1n) is 6.40. The summed E-state index contributed by atoms with van der Waals surface area (Å²) in [6.45, 7) is 1.32. The highest BCUT2D eigenvalue weighted by molar-refractivity contribution is 9.10. The van der Waals surface area contributed by atoms with Crippen LogP contribution in [0.3, 0.4) is 0 Å². The number of aromatic nitrogens is 1. The van der Waals surface area contributed by atoms with E-state index < -0.39 is 18.5 Å². The van der Waals surface area contributed by atoms with Crippen molar-refractivity contribution in [3.05, 3.63) is 56.2 Å². The topological polar surface area (TPSA) is 68.3 Å². The predicted molar refractivity (Wildman–Crippen MR) is 92.0 cm³/mol. The summed E-state index contributed by atoms with van der Waals surface area (Å²) in [7, 11) is 0. The minimum atomic E-state index is -0.657. The smallest absolute Gasteiger partial charge is 0.340 e. The number of esters is 1. The molecule has 2 rings (SSSR count). The maximum Gasteiger partial charge on any atom is 0.340 e. The fourth-order valence-electron chi connectivity index (χ4n) is 1.68. The summed E-state index contributed by atoms with van der Waals surface area (Å²) < 4.78 is 5.56. The van der Waals surface area contributed by atoms with E-state index in [0.717, 1.165) is 5.56 Å². The van der Waals surface area contributed by atoms with Gasteiger partial charge in [-0.25, -0.2) is 4.79 Å². The molecule has 1 aromatic carbocycles. The van der Waals surface area contributed by atoms with E-state index in [9.17, 15) is 9.59 Å². The van der Waals surface area contributed by atoms with Crippen molar-refractivity contribution >= 4 is 56.7 Å². The largest absolute Gasteiger partial charge is 0.452 e. The van der Waals surface area contributed by atoms with Crippen LogP contribution in [0, 0.1) is 6.92 Å². The van der Waals surface area contributed by atoms with Gasteiger partial charge >= 0.3 is 5.97 Å². The van der Waals surface area contributed by atoms with Crippen LogP contribution >= 0.6 is 39.1 Å². The standard InChI is InChI=1S/C15H11BrCl2N2O3/c1-8-2-3-11(17)14(13(8)18)20-12(21)7-23-15(22)9-4-10(16)6-19-5-9/h2-6H,7H2,1H3,(H,20,21). The summed E-state index contributed by atoms with van der Waals surface area (Å²) in [5, 5.41) is 3.18. The van der Waals surface area contributed by atoms with Gasteiger partial charge in [-0.2, -0.15) is 0 Å². The zero-order valence-corrected chi connectivity index (χ0v) is 15.0. The van der Waals surface area contributed by atoms with Gasteiger partial charge in [0.1, 0.15) is 0 Å². The second-order valence-corrected chi connectivity index (χ2v) is 6.27. The molecule has 8 heteroatoms. The van der Waals surface area contributed by atoms with E-state index in [2.05, 4.69) is 26.2 Å². The van der Waals surface area contributed by atoms with E-state index in [0.29, 0.717) is 20.2 Å². The highest BCUT2D eigenvalue weighted by Crippen LogP contribution is 2.32. The van der Waals surface area contributed by atoms with Crippen LogP contribution in [-0.2, 0) is 9.53 Å². The molecular formula is C15H11BrCl2N2O3. The number of rotatable bonds is 4. The minimum Gasteiger partial charge on any atom is -0.452 e. The third-order valence-corrected chi connectivity index (χ3v) is 4.06. The van der Waals surface area contributed by atoms with Crippen LogP contribution in [0.25, 0.3) is 0 Å². The summed E-state index contributed by atoms with van der Waals surface area (Å²) >= 11 is 15.3. The van der Waals surface area contributed by atoms with Gasteiger partial charge in [0.25, 0.3) is 5.91 Å². The SMILES string of the molecule is Cc1ccc(Cl)c(NC(=O)COC(=O)c2cncc(Br)c2)c1Cl. The molecule has 1 heterocycles. The summed E-state index contributed by atoms with van der Waals surface area (Å²) in [6.07, 6.45) is 2.88. The molecule has 0 atom stereocenters. The molecule has 5 nitrogen and oxygen atoms in total. The van der Waals surface area contributed by atoms with Crippen molar-refractivity contribution in [3.63, 3.8) is 0 Å². The molecule has 0 unspecified atom stereocenters. The Hall–Kier alpha value is -1.63. The van der Waals surface area contributed by atoms with Gasteiger partial charge in [-0.3, -0.25) is 9.78 Å². The summed E-state index contributed by atoms with van der Waals surface area (Å²) in [6, 6.07) is 4.90. The first-order chi connectivity index (χ1) is 10.9. The van der Waals surface area contributed by atoms with Gasteiger partial charge in [0.05, 0.1) is 21.3 Å². The predicted octanol–water partition coefficient (Wildman–Crippen LogP) is 4.25. The molecule has 0 saturated heterocycles. The first-order valence-corrected chi connectivity index (χ1v) is 7.95. The van der Waals surface area contributed by atoms with E-state index >= 15 is 0 Å². The molecular weight excluding hydrogens is 407 g/mol. The molecule has 0 radical (unpaired) electrons. The number of nitrogens with zero attached hydrogens (tertiary/aromatic N) is 1. The number of ether oxygens (including phenoxy) is 1. The molecule has 120 valence electrons. The average molecular weight is 418 g/mol. The number of pyridine rings is 1. The Kier molecular flexibility index (Phi) is 5.98. The van der Waals surface area contributed by atoms with E-state index in [4.69, 9.17) is 27.9 Å². The second kappa shape index (κ2) is 7.77. The van der Waals surface area contributed by atoms with Crippen molar-refractivity contribution in [3.8, 4) is 0 Å². The fourth-order valence-corrected chi connectivity index (χ4v) is 2.51. The molecule has 0 fully saturated rings. The Balaban J connectivity index is 1.98. The number of anilines is 1. The van der Waals surface area contributed by atoms with E-state index in [1.54, 1.807) is 25.1 Å². The Bertz CT molecular complexity index is 768. The van der Waals surface area contributed by atoms with Crippen LogP contribution < -0.4 is 5.32 Å². The number of benzene rings is 1. The number of carbonyl (C=O) groups excluding carboxylic acids is 2. The molecule has 1 amide bonds. The monoisotopic (exact) mass is 416 g/mol. The van der Waals surface area contributed by atoms with Gasteiger partial charge in [0, 0.05) is 16.9 Å². The molecule has 0 aliphatic heterocycles. The van der Waals surface area contributed by atoms with Crippen LogP contribution in [0.4, 0.5) is 5.69 Å². The van der Waals surface area contributed by atoms with E-state index in [-0.39, 0.29) is 5.56 Å². The number of hydrogen-bond acceptors (Lipinski definition) is 4. The number of nitrogens with one attached hydrogen (secondary N) is 1. The first kappa shape index (κ1) is 17.7. The van der Waals surface area contributed by atoms with Crippen LogP contribution in [-0.4, -0.2) is 23.5 Å². The lowest BCUT2D eigenvalue weighted by Gasteiger charge is -2.11. The number of amides is 1. The highest BCUT2D eigenvalue weighted by atomic mass is 79.9. The number of carbonyl (C=O) groups is 2. The van der Waals surface area contributed by atoms with Gasteiger partial charge < -0.3 is 10.1 Å². The molecule has 23 heavy (non-hydrogen) atoms. The Morgan fingerprint density at radius 3 is 2.74 bits per heavy atom. The second-order valence-electron chi connectivity index (χ2n) is 4.57. The zero-order valence-electron chi connectivity index (χ0n) is 11.9. The van der Waals surface area contributed by atoms with Crippen molar-refractivity contribution in [2.45, 2.75) is 6.92 Å². The van der Waals surface area contributed by atoms with E-state index in [1.165, 1.54) is 12.4 Å². The number of hydrogen-bond donors (Lipinski definition) is 1. The van der Waals surface area contributed by atoms with Gasteiger partial charge in [-0.1, -0.05) is 29.3 Å². The fraction of sp³-hybridized carbons (Fsp3) is 0.133. The molecule has 0 bridgehead atoms. The maximum atomic E-state index is 11.9. The van der Waals surface area contributed by atoms with Crippen LogP contribution in [0.5, 0.6) is 0 Å². The molecule has 2 aromatic rings. The Morgan fingerprint density at radius 1 is 1.30 bits per heavy atom. The summed E-state index contributed by atoms with van der Waals surface area (Å²) in [5.41, 5.74) is 1.29. The van der Waals surface area contributed by atoms with Crippen molar-refractivity contribution < 1.29 is 14.3 Å². The third kappa shape index (κ3) is 4.67. The van der Waals surface area contributed by atoms with Crippen LogP contribution in [0.2, 0.25) is 10.0 Å². The molecule has 1 N–H and O–H groups in total. The Morgan fingerprint density at radius 2 is 2.04 bits per heavy atom. The van der Waals surface area contributed by atoms with Crippen LogP contribution in [0.15, 0.2) is 35.1 Å². The van der Waals surface area contributed by atoms with Crippen molar-refractivity contribution in [1.29, 1.82) is 0 Å². The molecule has 1 aromatic heterocycles. The lowest BCUT2D eigenvalue weighted by Crippen LogP contribution is -2.21. The zero-order chi connectivity index (χ0) is 17.0. The summed E-state index contributed by atoms with van der Waals surface area (Å²) in [5.74, 6) is -1.20. The quantitative estimate of drug-likeness (QED) is 0.754. The maximum absolute atomic E-state index is 11.9. The van der Waals surface area contributed by atoms with Gasteiger partial charge in [0.15, 0.2) is 6.61 Å². The number of halogens is 3. The van der Waals surface area contributed by atoms with Gasteiger partial charge in [-0.05, 0) is 40.5 Å². The van der Waals surface area contributed by atoms with Crippen molar-refractivity contribution in [1.82, 2.24) is 4.98 Å². The van der Waals surface area contributed by atoms with Gasteiger partial charge in [0.2, 0.25) is 0 Å². The Labute approximate surface area is 151 Å². The lowest BCUT2D eigenvalue weighted by atomic mass is 10.2. The van der Waals surface area contributed by atoms with Gasteiger partial charge in [-0.15, -0.1) is 0 Å². The van der Waals surface area contributed by atoms with E-state index in [1.807, 2.05) is 0 Å². The minimum absolute atomic E-state index is 0.235. The summed E-state index contributed by atoms with van der Waals surface area (Å²) in [4.78, 5) is 27.6. The third-order valence-electron chi connectivity index (χ3n) is 2.82. The molecule has 0 aliphatic rings.